The van der Waals surface area contributed by atoms with Gasteiger partial charge in [-0.25, -0.2) is 4.79 Å². The van der Waals surface area contributed by atoms with E-state index in [1.165, 1.54) is 12.1 Å². The normalized spacial score (nSPS) is 10.6. The van der Waals surface area contributed by atoms with Crippen LogP contribution in [0.5, 0.6) is 11.5 Å². The number of ether oxygens (including phenoxy) is 2. The van der Waals surface area contributed by atoms with Gasteiger partial charge in [-0.2, -0.15) is 5.10 Å². The Morgan fingerprint density at radius 2 is 1.84 bits per heavy atom. The molecule has 32 heavy (non-hydrogen) atoms. The first-order valence-corrected chi connectivity index (χ1v) is 10.7. The van der Waals surface area contributed by atoms with E-state index >= 15 is 0 Å². The number of hydrazone groups is 1. The molecule has 0 unspecified atom stereocenters. The van der Waals surface area contributed by atoms with Crippen LogP contribution in [0.25, 0.3) is 0 Å². The maximum Gasteiger partial charge on any atom is 0.345 e. The molecule has 0 aliphatic rings. The van der Waals surface area contributed by atoms with Gasteiger partial charge in [0.15, 0.2) is 16.6 Å². The molecule has 0 amide bonds. The van der Waals surface area contributed by atoms with Crippen molar-refractivity contribution in [3.8, 4) is 11.5 Å². The minimum Gasteiger partial charge on any atom is -0.490 e. The average Bonchev–Trinajstić information content (AvgIpc) is 2.76. The van der Waals surface area contributed by atoms with E-state index in [1.54, 1.807) is 30.5 Å². The van der Waals surface area contributed by atoms with E-state index in [0.29, 0.717) is 28.1 Å². The van der Waals surface area contributed by atoms with Crippen LogP contribution in [0.3, 0.4) is 0 Å². The van der Waals surface area contributed by atoms with Crippen molar-refractivity contribution < 1.29 is 14.3 Å². The number of esters is 1. The summed E-state index contributed by atoms with van der Waals surface area (Å²) in [5.74, 6) is 0.0298. The van der Waals surface area contributed by atoms with Crippen LogP contribution in [0.2, 0.25) is 10.0 Å². The van der Waals surface area contributed by atoms with Crippen molar-refractivity contribution >= 4 is 58.4 Å². The second kappa shape index (κ2) is 11.5. The largest absolute Gasteiger partial charge is 0.490 e. The number of benzene rings is 3. The number of rotatable bonds is 7. The van der Waals surface area contributed by atoms with Crippen molar-refractivity contribution in [3.05, 3.63) is 87.9 Å². The molecule has 0 aromatic heterocycles. The van der Waals surface area contributed by atoms with E-state index in [1.807, 2.05) is 37.3 Å². The molecule has 0 saturated heterocycles. The van der Waals surface area contributed by atoms with Gasteiger partial charge < -0.3 is 14.8 Å². The first kappa shape index (κ1) is 23.5. The maximum absolute atomic E-state index is 12.5. The molecular formula is C23H19Cl2N3O3S. The number of hydrogen-bond donors (Lipinski definition) is 2. The van der Waals surface area contributed by atoms with Gasteiger partial charge in [0.2, 0.25) is 0 Å². The van der Waals surface area contributed by atoms with E-state index in [-0.39, 0.29) is 16.3 Å². The number of halogens is 2. The maximum atomic E-state index is 12.5. The molecule has 0 aliphatic heterocycles. The predicted octanol–water partition coefficient (Wildman–Crippen LogP) is 5.93. The summed E-state index contributed by atoms with van der Waals surface area (Å²) >= 11 is 17.2. The fourth-order valence-corrected chi connectivity index (χ4v) is 3.27. The average molecular weight is 488 g/mol. The number of para-hydroxylation sites is 1. The number of nitrogens with zero attached hydrogens (tertiary/aromatic N) is 1. The van der Waals surface area contributed by atoms with Gasteiger partial charge in [-0.3, -0.25) is 5.43 Å². The Morgan fingerprint density at radius 3 is 2.56 bits per heavy atom. The molecule has 0 radical (unpaired) electrons. The first-order chi connectivity index (χ1) is 15.5. The topological polar surface area (TPSA) is 71.9 Å². The van der Waals surface area contributed by atoms with E-state index in [4.69, 9.17) is 44.9 Å². The highest BCUT2D eigenvalue weighted by molar-refractivity contribution is 7.80. The molecular weight excluding hydrogens is 469 g/mol. The molecule has 0 fully saturated rings. The molecule has 0 aliphatic carbocycles. The zero-order valence-corrected chi connectivity index (χ0v) is 19.3. The Kier molecular flexibility index (Phi) is 8.44. The molecule has 3 rings (SSSR count). The summed E-state index contributed by atoms with van der Waals surface area (Å²) in [6, 6.07) is 19.1. The third-order valence-corrected chi connectivity index (χ3v) is 4.77. The van der Waals surface area contributed by atoms with Gasteiger partial charge in [0.05, 0.1) is 23.4 Å². The number of anilines is 1. The zero-order valence-electron chi connectivity index (χ0n) is 17.0. The molecule has 0 atom stereocenters. The van der Waals surface area contributed by atoms with Crippen LogP contribution in [0, 0.1) is 0 Å². The summed E-state index contributed by atoms with van der Waals surface area (Å²) in [5, 5.41) is 8.13. The van der Waals surface area contributed by atoms with Gasteiger partial charge in [0, 0.05) is 10.7 Å². The van der Waals surface area contributed by atoms with Crippen molar-refractivity contribution in [2.24, 2.45) is 5.10 Å². The molecule has 3 aromatic rings. The van der Waals surface area contributed by atoms with Crippen LogP contribution >= 0.6 is 35.4 Å². The van der Waals surface area contributed by atoms with Crippen LogP contribution in [0.1, 0.15) is 22.8 Å². The minimum atomic E-state index is -0.618. The number of nitrogens with one attached hydrogen (secondary N) is 2. The standard InChI is InChI=1S/C23H19Cl2N3O3S/c1-2-30-21-12-15(14-26-28-23(32)27-17-6-4-3-5-7-17)8-11-20(21)31-22(29)18-10-9-16(24)13-19(18)25/h3-14H,2H2,1H3,(H2,27,28,32)/b26-14-. The Bertz CT molecular complexity index is 1140. The number of carbonyl (C=O) groups is 1. The van der Waals surface area contributed by atoms with E-state index in [2.05, 4.69) is 15.8 Å². The molecule has 9 heteroatoms. The van der Waals surface area contributed by atoms with Gasteiger partial charge in [0.1, 0.15) is 0 Å². The summed E-state index contributed by atoms with van der Waals surface area (Å²) in [4.78, 5) is 12.5. The van der Waals surface area contributed by atoms with E-state index in [0.717, 1.165) is 5.69 Å². The molecule has 0 saturated carbocycles. The van der Waals surface area contributed by atoms with Gasteiger partial charge in [0.25, 0.3) is 0 Å². The van der Waals surface area contributed by atoms with Crippen molar-refractivity contribution in [2.75, 3.05) is 11.9 Å². The highest BCUT2D eigenvalue weighted by Crippen LogP contribution is 2.30. The molecule has 2 N–H and O–H groups in total. The Balaban J connectivity index is 1.67. The molecule has 0 heterocycles. The fourth-order valence-electron chi connectivity index (χ4n) is 2.61. The van der Waals surface area contributed by atoms with Crippen molar-refractivity contribution in [1.82, 2.24) is 5.43 Å². The Labute approximate surface area is 201 Å². The molecule has 6 nitrogen and oxygen atoms in total. The minimum absolute atomic E-state index is 0.202. The molecule has 0 spiro atoms. The van der Waals surface area contributed by atoms with Crippen LogP contribution in [0.15, 0.2) is 71.8 Å². The van der Waals surface area contributed by atoms with Crippen LogP contribution in [-0.2, 0) is 0 Å². The second-order valence-electron chi connectivity index (χ2n) is 6.34. The van der Waals surface area contributed by atoms with Crippen LogP contribution in [-0.4, -0.2) is 23.9 Å². The quantitative estimate of drug-likeness (QED) is 0.141. The molecule has 0 bridgehead atoms. The van der Waals surface area contributed by atoms with Crippen LogP contribution < -0.4 is 20.2 Å². The number of thiocarbonyl (C=S) groups is 1. The lowest BCUT2D eigenvalue weighted by Crippen LogP contribution is -2.23. The van der Waals surface area contributed by atoms with E-state index < -0.39 is 5.97 Å². The monoisotopic (exact) mass is 487 g/mol. The van der Waals surface area contributed by atoms with Gasteiger partial charge >= 0.3 is 5.97 Å². The summed E-state index contributed by atoms with van der Waals surface area (Å²) in [5.41, 5.74) is 4.52. The van der Waals surface area contributed by atoms with Gasteiger partial charge in [-0.05, 0) is 73.2 Å². The van der Waals surface area contributed by atoms with Crippen molar-refractivity contribution in [2.45, 2.75) is 6.92 Å². The number of hydrogen-bond acceptors (Lipinski definition) is 5. The Hall–Kier alpha value is -3.13. The number of carbonyl (C=O) groups excluding carboxylic acids is 1. The fraction of sp³-hybridized carbons (Fsp3) is 0.0870. The van der Waals surface area contributed by atoms with Gasteiger partial charge in [-0.1, -0.05) is 41.4 Å². The smallest absolute Gasteiger partial charge is 0.345 e. The Morgan fingerprint density at radius 1 is 1.06 bits per heavy atom. The summed E-state index contributed by atoms with van der Waals surface area (Å²) in [7, 11) is 0. The first-order valence-electron chi connectivity index (χ1n) is 9.55. The lowest BCUT2D eigenvalue weighted by molar-refractivity contribution is 0.0728. The molecule has 164 valence electrons. The van der Waals surface area contributed by atoms with Gasteiger partial charge in [-0.15, -0.1) is 0 Å². The van der Waals surface area contributed by atoms with E-state index in [9.17, 15) is 4.79 Å². The van der Waals surface area contributed by atoms with Crippen molar-refractivity contribution in [3.63, 3.8) is 0 Å². The molecule has 3 aromatic carbocycles. The second-order valence-corrected chi connectivity index (χ2v) is 7.59. The highest BCUT2D eigenvalue weighted by Gasteiger charge is 2.16. The zero-order chi connectivity index (χ0) is 22.9. The van der Waals surface area contributed by atoms with Crippen molar-refractivity contribution in [1.29, 1.82) is 0 Å². The lowest BCUT2D eigenvalue weighted by Gasteiger charge is -2.12. The van der Waals surface area contributed by atoms with Crippen LogP contribution in [0.4, 0.5) is 5.69 Å². The predicted molar refractivity (Wildman–Crippen MR) is 132 cm³/mol. The SMILES string of the molecule is CCOc1cc(/C=N\NC(=S)Nc2ccccc2)ccc1OC(=O)c1ccc(Cl)cc1Cl. The lowest BCUT2D eigenvalue weighted by atomic mass is 10.2. The summed E-state index contributed by atoms with van der Waals surface area (Å²) < 4.78 is 11.1. The highest BCUT2D eigenvalue weighted by atomic mass is 35.5. The summed E-state index contributed by atoms with van der Waals surface area (Å²) in [6.07, 6.45) is 1.57. The third-order valence-electron chi connectivity index (χ3n) is 4.03. The third kappa shape index (κ3) is 6.68. The summed E-state index contributed by atoms with van der Waals surface area (Å²) in [6.45, 7) is 2.22.